The predicted molar refractivity (Wildman–Crippen MR) is 73.6 cm³/mol. The quantitative estimate of drug-likeness (QED) is 0.684. The highest BCUT2D eigenvalue weighted by molar-refractivity contribution is 6.15. The number of rotatable bonds is 4. The zero-order valence-electron chi connectivity index (χ0n) is 10.5. The molecule has 0 unspecified atom stereocenters. The molecule has 0 radical (unpaired) electrons. The zero-order chi connectivity index (χ0) is 15.4. The Morgan fingerprint density at radius 1 is 0.952 bits per heavy atom. The molecule has 0 saturated heterocycles. The molecule has 7 heteroatoms. The topological polar surface area (TPSA) is 113 Å². The van der Waals surface area contributed by atoms with Crippen LogP contribution in [0.5, 0.6) is 5.75 Å². The molecule has 2 aromatic rings. The smallest absolute Gasteiger partial charge is 0.317 e. The summed E-state index contributed by atoms with van der Waals surface area (Å²) in [6, 6.07) is 9.20. The van der Waals surface area contributed by atoms with E-state index < -0.39 is 11.7 Å². The number of hydrogen-bond donors (Lipinski definition) is 1. The Labute approximate surface area is 118 Å². The van der Waals surface area contributed by atoms with Crippen LogP contribution in [0.15, 0.2) is 52.8 Å². The summed E-state index contributed by atoms with van der Waals surface area (Å²) in [5.41, 5.74) is -0.400. The molecule has 21 heavy (non-hydrogen) atoms. The van der Waals surface area contributed by atoms with Crippen molar-refractivity contribution < 1.29 is 14.7 Å². The molecule has 0 aliphatic rings. The molecule has 2 aromatic carbocycles. The van der Waals surface area contributed by atoms with Crippen molar-refractivity contribution >= 4 is 17.4 Å². The van der Waals surface area contributed by atoms with E-state index in [1.165, 1.54) is 30.3 Å². The van der Waals surface area contributed by atoms with Crippen LogP contribution < -0.4 is 0 Å². The van der Waals surface area contributed by atoms with Crippen molar-refractivity contribution in [3.63, 3.8) is 0 Å². The minimum absolute atomic E-state index is 0.0235. The molecule has 7 nitrogen and oxygen atoms in total. The predicted octanol–water partition coefficient (Wildman–Crippen LogP) is 2.93. The summed E-state index contributed by atoms with van der Waals surface area (Å²) in [5, 5.41) is 14.2. The van der Waals surface area contributed by atoms with Crippen LogP contribution in [0.1, 0.15) is 26.3 Å². The fourth-order valence-corrected chi connectivity index (χ4v) is 1.81. The van der Waals surface area contributed by atoms with Crippen molar-refractivity contribution in [1.29, 1.82) is 0 Å². The number of carbonyl (C=O) groups excluding carboxylic acids is 2. The lowest BCUT2D eigenvalue weighted by atomic mass is 9.97. The normalized spacial score (nSPS) is 9.90. The molecule has 0 aliphatic carbocycles. The number of aromatic hydroxyl groups is 1. The van der Waals surface area contributed by atoms with Crippen molar-refractivity contribution in [2.24, 2.45) is 10.4 Å². The Kier molecular flexibility index (Phi) is 3.94. The first-order valence-corrected chi connectivity index (χ1v) is 5.76. The molecule has 2 rings (SSSR count). The van der Waals surface area contributed by atoms with Crippen molar-refractivity contribution in [1.82, 2.24) is 0 Å². The molecule has 0 fully saturated rings. The van der Waals surface area contributed by atoms with Crippen LogP contribution >= 0.6 is 0 Å². The highest BCUT2D eigenvalue weighted by atomic mass is 16.3. The van der Waals surface area contributed by atoms with E-state index in [-0.39, 0.29) is 28.1 Å². The van der Waals surface area contributed by atoms with E-state index in [1.54, 1.807) is 0 Å². The molecule has 0 atom stereocenters. The van der Waals surface area contributed by atoms with Crippen molar-refractivity contribution in [2.45, 2.75) is 0 Å². The molecule has 0 spiro atoms. The third kappa shape index (κ3) is 2.71. The average Bonchev–Trinajstić information content (AvgIpc) is 2.54. The van der Waals surface area contributed by atoms with Gasteiger partial charge in [-0.05, 0) is 29.4 Å². The van der Waals surface area contributed by atoms with Gasteiger partial charge in [0.1, 0.15) is 11.4 Å². The summed E-state index contributed by atoms with van der Waals surface area (Å²) in [4.78, 5) is 44.6. The second kappa shape index (κ2) is 5.83. The number of phenols is 1. The van der Waals surface area contributed by atoms with Crippen LogP contribution in [-0.2, 0) is 0 Å². The third-order valence-corrected chi connectivity index (χ3v) is 2.82. The molecule has 0 bridgehead atoms. The monoisotopic (exact) mass is 284 g/mol. The SMILES string of the molecule is O=NC(=O)c1ccccc1C(=O)c1ccc(O)c(N=O)c1. The first-order valence-electron chi connectivity index (χ1n) is 5.76. The van der Waals surface area contributed by atoms with Gasteiger partial charge in [0.15, 0.2) is 5.78 Å². The number of carbonyl (C=O) groups is 2. The van der Waals surface area contributed by atoms with Gasteiger partial charge >= 0.3 is 5.91 Å². The van der Waals surface area contributed by atoms with Crippen LogP contribution in [0.2, 0.25) is 0 Å². The maximum Gasteiger partial charge on any atom is 0.317 e. The second-order valence-electron chi connectivity index (χ2n) is 4.07. The maximum absolute atomic E-state index is 12.3. The number of phenolic OH excluding ortho intramolecular Hbond substituents is 1. The van der Waals surface area contributed by atoms with Crippen LogP contribution in [0.3, 0.4) is 0 Å². The molecule has 1 amide bonds. The Hall–Kier alpha value is -3.22. The molecule has 0 aliphatic heterocycles. The van der Waals surface area contributed by atoms with Gasteiger partial charge in [0, 0.05) is 16.3 Å². The highest BCUT2D eigenvalue weighted by Crippen LogP contribution is 2.28. The standard InChI is InChI=1S/C14H8N2O5/c17-12-6-5-8(7-11(12)15-20)13(18)9-3-1-2-4-10(9)14(19)16-21/h1-7,17H. The lowest BCUT2D eigenvalue weighted by molar-refractivity contribution is 0.0981. The Morgan fingerprint density at radius 2 is 1.62 bits per heavy atom. The van der Waals surface area contributed by atoms with E-state index in [0.29, 0.717) is 0 Å². The zero-order valence-corrected chi connectivity index (χ0v) is 10.5. The fourth-order valence-electron chi connectivity index (χ4n) is 1.81. The van der Waals surface area contributed by atoms with Crippen molar-refractivity contribution in [3.8, 4) is 5.75 Å². The maximum atomic E-state index is 12.3. The van der Waals surface area contributed by atoms with Crippen LogP contribution in [0.4, 0.5) is 5.69 Å². The van der Waals surface area contributed by atoms with E-state index in [9.17, 15) is 24.5 Å². The van der Waals surface area contributed by atoms with Crippen molar-refractivity contribution in [2.75, 3.05) is 0 Å². The van der Waals surface area contributed by atoms with Crippen molar-refractivity contribution in [3.05, 3.63) is 69.0 Å². The number of nitroso groups, excluding NO2 is 2. The van der Waals surface area contributed by atoms with E-state index in [1.807, 2.05) is 0 Å². The largest absolute Gasteiger partial charge is 0.506 e. The van der Waals surface area contributed by atoms with Gasteiger partial charge in [-0.2, -0.15) is 0 Å². The van der Waals surface area contributed by atoms with Gasteiger partial charge in [-0.15, -0.1) is 9.81 Å². The minimum atomic E-state index is -1.06. The van der Waals surface area contributed by atoms with Gasteiger partial charge in [-0.25, -0.2) is 0 Å². The Bertz CT molecular complexity index is 755. The number of ketones is 1. The molecular weight excluding hydrogens is 276 g/mol. The van der Waals surface area contributed by atoms with E-state index in [0.717, 1.165) is 12.1 Å². The Morgan fingerprint density at radius 3 is 2.24 bits per heavy atom. The van der Waals surface area contributed by atoms with Gasteiger partial charge in [0.2, 0.25) is 0 Å². The first-order chi connectivity index (χ1) is 10.1. The Balaban J connectivity index is 2.53. The van der Waals surface area contributed by atoms with E-state index >= 15 is 0 Å². The molecule has 1 N–H and O–H groups in total. The first kappa shape index (κ1) is 14.2. The molecule has 0 heterocycles. The third-order valence-electron chi connectivity index (χ3n) is 2.82. The molecule has 104 valence electrons. The number of nitrogens with zero attached hydrogens (tertiary/aromatic N) is 2. The van der Waals surface area contributed by atoms with Gasteiger partial charge in [-0.3, -0.25) is 9.59 Å². The number of benzene rings is 2. The summed E-state index contributed by atoms with van der Waals surface area (Å²) >= 11 is 0. The highest BCUT2D eigenvalue weighted by Gasteiger charge is 2.19. The average molecular weight is 284 g/mol. The summed E-state index contributed by atoms with van der Waals surface area (Å²) in [6.45, 7) is 0. The van der Waals surface area contributed by atoms with Gasteiger partial charge in [-0.1, -0.05) is 18.2 Å². The summed E-state index contributed by atoms with van der Waals surface area (Å²) in [6.07, 6.45) is 0. The minimum Gasteiger partial charge on any atom is -0.506 e. The lowest BCUT2D eigenvalue weighted by Crippen LogP contribution is -2.08. The van der Waals surface area contributed by atoms with E-state index in [4.69, 9.17) is 0 Å². The van der Waals surface area contributed by atoms with Gasteiger partial charge in [0.25, 0.3) is 0 Å². The molecular formula is C14H8N2O5. The fraction of sp³-hybridized carbons (Fsp3) is 0. The summed E-state index contributed by atoms with van der Waals surface area (Å²) in [5.74, 6) is -2.01. The second-order valence-corrected chi connectivity index (χ2v) is 4.07. The lowest BCUT2D eigenvalue weighted by Gasteiger charge is -2.05. The number of hydrogen-bond acceptors (Lipinski definition) is 6. The summed E-state index contributed by atoms with van der Waals surface area (Å²) in [7, 11) is 0. The van der Waals surface area contributed by atoms with Crippen LogP contribution in [0, 0.1) is 9.81 Å². The molecule has 0 saturated carbocycles. The molecule has 0 aromatic heterocycles. The van der Waals surface area contributed by atoms with Crippen LogP contribution in [-0.4, -0.2) is 16.8 Å². The van der Waals surface area contributed by atoms with Gasteiger partial charge < -0.3 is 5.11 Å². The number of amides is 1. The van der Waals surface area contributed by atoms with Gasteiger partial charge in [0.05, 0.1) is 5.56 Å². The van der Waals surface area contributed by atoms with Crippen LogP contribution in [0.25, 0.3) is 0 Å². The summed E-state index contributed by atoms with van der Waals surface area (Å²) < 4.78 is 0. The van der Waals surface area contributed by atoms with E-state index in [2.05, 4.69) is 10.4 Å².